The van der Waals surface area contributed by atoms with Crippen LogP contribution in [0.15, 0.2) is 140 Å². The maximum atomic E-state index is 12.0. The van der Waals surface area contributed by atoms with E-state index in [0.29, 0.717) is 41.3 Å². The normalized spacial score (nSPS) is 16.1. The maximum Gasteiger partial charge on any atom is 0.140 e. The van der Waals surface area contributed by atoms with Crippen LogP contribution in [0.25, 0.3) is 10.8 Å². The maximum absolute atomic E-state index is 12.0. The number of ether oxygens (including phenoxy) is 1. The topological polar surface area (TPSA) is 26.3 Å². The van der Waals surface area contributed by atoms with Gasteiger partial charge in [-0.2, -0.15) is 0 Å². The van der Waals surface area contributed by atoms with E-state index in [1.54, 1.807) is 7.11 Å². The molecular weight excluding hydrogens is 896 g/mol. The summed E-state index contributed by atoms with van der Waals surface area (Å²) in [5, 5.41) is 3.60. The lowest BCUT2D eigenvalue weighted by Crippen LogP contribution is -2.40. The first-order chi connectivity index (χ1) is 33.8. The molecular formula is C69H99ClO2. The molecule has 2 aliphatic carbocycles. The summed E-state index contributed by atoms with van der Waals surface area (Å²) in [5.41, 5.74) is 9.99. The number of benzene rings is 6. The summed E-state index contributed by atoms with van der Waals surface area (Å²) in [4.78, 5) is 12.0. The van der Waals surface area contributed by atoms with Gasteiger partial charge in [-0.05, 0) is 154 Å². The van der Waals surface area contributed by atoms with E-state index in [0.717, 1.165) is 35.4 Å². The van der Waals surface area contributed by atoms with Crippen LogP contribution in [0.3, 0.4) is 0 Å². The Morgan fingerprint density at radius 3 is 1.38 bits per heavy atom. The van der Waals surface area contributed by atoms with Gasteiger partial charge >= 0.3 is 0 Å². The Labute approximate surface area is 447 Å². The minimum absolute atomic E-state index is 0.0255. The standard InChI is InChI=1S/C14H16.C12H20O.C10H14O.2C10H14.C9H11Cl.C4H10/c1-10(2)12-9-8-11(3)13-6-4-5-7-14(12)13;1-8(2)12-6-5-9(7-10(12)13)11(12,3)4;1-8(2)9-4-6-10(11-3)7-5-9;1-8(2)10-6-4-9(3)5-7-10;1-9(2)8-10-6-4-3-5-7-10;1-7(2)8-3-5-9(10)6-4-8;1-4(2)3/h4-10H,1-3H3;8-9H,5-7H2,1-4H3;4-8H,1-3H3;4-8H,1-3H3;3-7,9H,8H2,1-2H3;3-7H,1-2H3;4H,1-3H3. The minimum atomic E-state index is 0.0255. The predicted octanol–water partition coefficient (Wildman–Crippen LogP) is 21.3. The van der Waals surface area contributed by atoms with Gasteiger partial charge in [-0.25, -0.2) is 0 Å². The van der Waals surface area contributed by atoms with Crippen LogP contribution in [0.4, 0.5) is 0 Å². The van der Waals surface area contributed by atoms with Crippen LogP contribution in [0.2, 0.25) is 5.02 Å². The molecule has 0 amide bonds. The fourth-order valence-corrected chi connectivity index (χ4v) is 10.0. The van der Waals surface area contributed by atoms with E-state index in [1.165, 1.54) is 62.6 Å². The van der Waals surface area contributed by atoms with Crippen molar-refractivity contribution in [3.05, 3.63) is 183 Å². The molecule has 3 heteroatoms. The van der Waals surface area contributed by atoms with Gasteiger partial charge in [0, 0.05) is 16.9 Å². The Bertz CT molecular complexity index is 2350. The molecule has 2 bridgehead atoms. The lowest BCUT2D eigenvalue weighted by molar-refractivity contribution is -0.132. The molecule has 6 aromatic carbocycles. The van der Waals surface area contributed by atoms with Crippen LogP contribution in [-0.4, -0.2) is 12.9 Å². The van der Waals surface area contributed by atoms with E-state index in [1.807, 2.05) is 24.3 Å². The molecule has 72 heavy (non-hydrogen) atoms. The number of aryl methyl sites for hydroxylation is 2. The van der Waals surface area contributed by atoms with Crippen molar-refractivity contribution in [2.45, 2.75) is 181 Å². The van der Waals surface area contributed by atoms with Gasteiger partial charge in [0.25, 0.3) is 0 Å². The first kappa shape index (κ1) is 63.5. The monoisotopic (exact) mass is 995 g/mol. The average molecular weight is 996 g/mol. The Balaban J connectivity index is 0.000000293. The summed E-state index contributed by atoms with van der Waals surface area (Å²) >= 11 is 5.72. The van der Waals surface area contributed by atoms with Crippen molar-refractivity contribution < 1.29 is 9.53 Å². The van der Waals surface area contributed by atoms with Gasteiger partial charge in [-0.1, -0.05) is 250 Å². The van der Waals surface area contributed by atoms with Crippen molar-refractivity contribution in [1.82, 2.24) is 0 Å². The number of carbonyl (C=O) groups is 1. The summed E-state index contributed by atoms with van der Waals surface area (Å²) in [6, 6.07) is 48.6. The zero-order valence-corrected chi connectivity index (χ0v) is 49.7. The number of methoxy groups -OCH3 is 1. The van der Waals surface area contributed by atoms with Gasteiger partial charge in [0.15, 0.2) is 0 Å². The second kappa shape index (κ2) is 31.2. The number of rotatable bonds is 8. The third kappa shape index (κ3) is 20.0. The number of ketones is 1. The molecule has 2 unspecified atom stereocenters. The first-order valence-corrected chi connectivity index (χ1v) is 27.7. The molecule has 2 nitrogen and oxygen atoms in total. The molecule has 2 aliphatic rings. The van der Waals surface area contributed by atoms with E-state index in [2.05, 4.69) is 247 Å². The molecule has 6 aromatic rings. The lowest BCUT2D eigenvalue weighted by atomic mass is 9.62. The Morgan fingerprint density at radius 1 is 0.556 bits per heavy atom. The van der Waals surface area contributed by atoms with E-state index < -0.39 is 0 Å². The fourth-order valence-electron chi connectivity index (χ4n) is 9.92. The molecule has 0 radical (unpaired) electrons. The number of hydrogen-bond acceptors (Lipinski definition) is 2. The highest BCUT2D eigenvalue weighted by molar-refractivity contribution is 6.30. The molecule has 0 spiro atoms. The van der Waals surface area contributed by atoms with E-state index in [9.17, 15) is 4.79 Å². The molecule has 0 heterocycles. The fraction of sp³-hybridized carbons (Fsp3) is 0.493. The molecule has 0 aliphatic heterocycles. The highest BCUT2D eigenvalue weighted by Gasteiger charge is 2.65. The third-order valence-electron chi connectivity index (χ3n) is 14.3. The number of Topliss-reactive ketones (excluding diaryl/α,β-unsaturated/α-hetero) is 1. The summed E-state index contributed by atoms with van der Waals surface area (Å²) in [6.07, 6.45) is 4.46. The van der Waals surface area contributed by atoms with Gasteiger partial charge in [0.1, 0.15) is 11.5 Å². The van der Waals surface area contributed by atoms with Crippen LogP contribution in [-0.2, 0) is 11.2 Å². The van der Waals surface area contributed by atoms with Crippen LogP contribution in [0.1, 0.15) is 200 Å². The van der Waals surface area contributed by atoms with Crippen molar-refractivity contribution in [3.8, 4) is 5.75 Å². The molecule has 2 atom stereocenters. The summed E-state index contributed by atoms with van der Waals surface area (Å²) in [5.74, 6) is 6.70. The second-order valence-electron chi connectivity index (χ2n) is 23.4. The van der Waals surface area contributed by atoms with Crippen LogP contribution < -0.4 is 4.74 Å². The van der Waals surface area contributed by atoms with Gasteiger partial charge in [0.05, 0.1) is 7.11 Å². The van der Waals surface area contributed by atoms with Crippen LogP contribution in [0, 0.1) is 48.3 Å². The number of hydrogen-bond donors (Lipinski definition) is 0. The van der Waals surface area contributed by atoms with E-state index in [4.69, 9.17) is 16.3 Å². The molecule has 394 valence electrons. The van der Waals surface area contributed by atoms with Gasteiger partial charge in [-0.3, -0.25) is 4.79 Å². The molecule has 0 saturated heterocycles. The lowest BCUT2D eigenvalue weighted by Gasteiger charge is -2.40. The van der Waals surface area contributed by atoms with Crippen LogP contribution in [0.5, 0.6) is 5.75 Å². The van der Waals surface area contributed by atoms with Crippen molar-refractivity contribution >= 4 is 28.2 Å². The predicted molar refractivity (Wildman–Crippen MR) is 320 cm³/mol. The summed E-state index contributed by atoms with van der Waals surface area (Å²) in [6.45, 7) is 41.9. The van der Waals surface area contributed by atoms with Crippen LogP contribution >= 0.6 is 11.6 Å². The number of fused-ring (bicyclic) bond motifs is 3. The highest BCUT2D eigenvalue weighted by Crippen LogP contribution is 2.66. The molecule has 2 fully saturated rings. The van der Waals surface area contributed by atoms with Crippen molar-refractivity contribution in [2.24, 2.45) is 34.5 Å². The van der Waals surface area contributed by atoms with Crippen molar-refractivity contribution in [3.63, 3.8) is 0 Å². The quantitative estimate of drug-likeness (QED) is 0.152. The van der Waals surface area contributed by atoms with Gasteiger partial charge in [0.2, 0.25) is 0 Å². The Kier molecular flexibility index (Phi) is 27.5. The zero-order chi connectivity index (χ0) is 54.3. The number of carbonyl (C=O) groups excluding carboxylic acids is 1. The summed E-state index contributed by atoms with van der Waals surface area (Å²) in [7, 11) is 1.68. The zero-order valence-electron chi connectivity index (χ0n) is 48.9. The van der Waals surface area contributed by atoms with Gasteiger partial charge < -0.3 is 4.74 Å². The van der Waals surface area contributed by atoms with Gasteiger partial charge in [-0.15, -0.1) is 0 Å². The third-order valence-corrected chi connectivity index (χ3v) is 14.6. The highest BCUT2D eigenvalue weighted by atomic mass is 35.5. The smallest absolute Gasteiger partial charge is 0.140 e. The first-order valence-electron chi connectivity index (χ1n) is 27.3. The molecule has 2 saturated carbocycles. The average Bonchev–Trinajstić information content (AvgIpc) is 3.70. The molecule has 0 N–H and O–H groups in total. The van der Waals surface area contributed by atoms with E-state index in [-0.39, 0.29) is 10.8 Å². The second-order valence-corrected chi connectivity index (χ2v) is 23.8. The largest absolute Gasteiger partial charge is 0.497 e. The molecule has 8 rings (SSSR count). The Morgan fingerprint density at radius 2 is 1.00 bits per heavy atom. The number of halogens is 1. The van der Waals surface area contributed by atoms with Crippen molar-refractivity contribution in [1.29, 1.82) is 0 Å². The Hall–Kier alpha value is -4.66. The summed E-state index contributed by atoms with van der Waals surface area (Å²) < 4.78 is 5.05. The minimum Gasteiger partial charge on any atom is -0.497 e. The van der Waals surface area contributed by atoms with Crippen molar-refractivity contribution in [2.75, 3.05) is 7.11 Å². The SMILES string of the molecule is CC(C)C.CC(C)C12CCC(CC1=O)C2(C)C.CC(C)Cc1ccccc1.CC(C)c1ccc(Cl)cc1.COc1ccc(C(C)C)cc1.Cc1ccc(C(C)C)c2ccccc12.Cc1ccc(C(C)C)cc1. The van der Waals surface area contributed by atoms with E-state index >= 15 is 0 Å². The molecule has 0 aromatic heterocycles.